The molecule has 0 bridgehead atoms. The van der Waals surface area contributed by atoms with Crippen LogP contribution < -0.4 is 5.73 Å². The smallest absolute Gasteiger partial charge is 0.260 e. The van der Waals surface area contributed by atoms with E-state index in [-0.39, 0.29) is 24.2 Å². The van der Waals surface area contributed by atoms with Crippen molar-refractivity contribution < 1.29 is 18.3 Å². The van der Waals surface area contributed by atoms with Crippen molar-refractivity contribution in [3.63, 3.8) is 0 Å². The van der Waals surface area contributed by atoms with Gasteiger partial charge in [-0.25, -0.2) is 23.7 Å². The highest BCUT2D eigenvalue weighted by Crippen LogP contribution is 2.33. The van der Waals surface area contributed by atoms with Crippen LogP contribution in [0.1, 0.15) is 11.6 Å². The van der Waals surface area contributed by atoms with Crippen molar-refractivity contribution in [1.29, 1.82) is 0 Å². The first-order valence-corrected chi connectivity index (χ1v) is 8.34. The largest absolute Gasteiger partial charge is 0.384 e. The van der Waals surface area contributed by atoms with Crippen LogP contribution >= 0.6 is 11.6 Å². The molecule has 1 aliphatic rings. The lowest BCUT2D eigenvalue weighted by Crippen LogP contribution is -2.53. The minimum atomic E-state index is -2.77. The molecule has 142 valence electrons. The Morgan fingerprint density at radius 3 is 2.78 bits per heavy atom. The van der Waals surface area contributed by atoms with E-state index < -0.39 is 24.4 Å². The van der Waals surface area contributed by atoms with Gasteiger partial charge in [0.15, 0.2) is 0 Å². The normalized spacial score (nSPS) is 19.9. The van der Waals surface area contributed by atoms with E-state index in [1.165, 1.54) is 18.5 Å². The van der Waals surface area contributed by atoms with Gasteiger partial charge in [0.1, 0.15) is 23.3 Å². The molecule has 27 heavy (non-hydrogen) atoms. The number of pyridine rings is 1. The second-order valence-electron chi connectivity index (χ2n) is 5.84. The highest BCUT2D eigenvalue weighted by atomic mass is 35.5. The number of halogens is 3. The fraction of sp³-hybridized carbons (Fsp3) is 0.294. The van der Waals surface area contributed by atoms with Crippen molar-refractivity contribution >= 4 is 23.3 Å². The van der Waals surface area contributed by atoms with Crippen LogP contribution in [-0.4, -0.2) is 51.4 Å². The molecule has 0 unspecified atom stereocenters. The van der Waals surface area contributed by atoms with Gasteiger partial charge in [-0.15, -0.1) is 0 Å². The van der Waals surface area contributed by atoms with Crippen LogP contribution in [0.3, 0.4) is 0 Å². The molecule has 10 heteroatoms. The number of hydrogen-bond acceptors (Lipinski definition) is 6. The van der Waals surface area contributed by atoms with Gasteiger partial charge < -0.3 is 15.4 Å². The number of nitrogen functional groups attached to an aromatic ring is 1. The van der Waals surface area contributed by atoms with E-state index in [0.29, 0.717) is 17.0 Å². The number of rotatable bonds is 4. The molecule has 3 heterocycles. The quantitative estimate of drug-likeness (QED) is 0.631. The summed E-state index contributed by atoms with van der Waals surface area (Å²) in [4.78, 5) is 25.5. The zero-order chi connectivity index (χ0) is 19.6. The highest BCUT2D eigenvalue weighted by molar-refractivity contribution is 6.29. The number of hydrogen-bond donors (Lipinski definition) is 1. The van der Waals surface area contributed by atoms with Crippen molar-refractivity contribution in [2.24, 2.45) is 0 Å². The third kappa shape index (κ3) is 4.04. The lowest BCUT2D eigenvalue weighted by molar-refractivity contribution is -0.151. The van der Waals surface area contributed by atoms with E-state index in [1.54, 1.807) is 6.07 Å². The Labute approximate surface area is 158 Å². The Hall–Kier alpha value is -2.65. The van der Waals surface area contributed by atoms with Crippen molar-refractivity contribution in [3.05, 3.63) is 47.9 Å². The molecule has 2 atom stereocenters. The van der Waals surface area contributed by atoms with Crippen LogP contribution in [0.15, 0.2) is 37.2 Å². The summed E-state index contributed by atoms with van der Waals surface area (Å²) in [5, 5.41) is 0.116. The number of anilines is 1. The van der Waals surface area contributed by atoms with Gasteiger partial charge in [-0.05, 0) is 23.8 Å². The van der Waals surface area contributed by atoms with Crippen LogP contribution in [0.5, 0.6) is 0 Å². The van der Waals surface area contributed by atoms with Gasteiger partial charge in [0.25, 0.3) is 6.43 Å². The average Bonchev–Trinajstić information content (AvgIpc) is 2.66. The molecule has 1 fully saturated rings. The van der Waals surface area contributed by atoms with Crippen LogP contribution in [0.2, 0.25) is 5.15 Å². The summed E-state index contributed by atoms with van der Waals surface area (Å²) in [6.45, 7) is 3.18. The number of nitrogens with two attached hydrogens (primary N) is 1. The lowest BCUT2D eigenvalue weighted by Gasteiger charge is -2.41. The van der Waals surface area contributed by atoms with Crippen LogP contribution in [-0.2, 0) is 9.53 Å². The number of amides is 1. The topological polar surface area (TPSA) is 94.2 Å². The Balaban J connectivity index is 2.05. The van der Waals surface area contributed by atoms with E-state index in [2.05, 4.69) is 21.5 Å². The van der Waals surface area contributed by atoms with Gasteiger partial charge in [-0.2, -0.15) is 0 Å². The molecule has 2 aromatic heterocycles. The fourth-order valence-electron chi connectivity index (χ4n) is 2.92. The molecule has 7 nitrogen and oxygen atoms in total. The number of carbonyl (C=O) groups excluding carboxylic acids is 1. The number of carbonyl (C=O) groups is 1. The van der Waals surface area contributed by atoms with Crippen LogP contribution in [0.4, 0.5) is 14.6 Å². The fourth-order valence-corrected chi connectivity index (χ4v) is 3.14. The summed E-state index contributed by atoms with van der Waals surface area (Å²) in [7, 11) is 0. The standard InChI is InChI=1S/C17H16ClF2N5O2/c1-2-16(26)25-12(6-27-7-13(25)17(19)20)9-3-11(24-14(18)4-9)10-5-15(21)23-8-22-10/h2-5,8,12-13,17H,1,6-7H2,(H2,21,22,23)/t12-,13-/m0/s1. The maximum Gasteiger partial charge on any atom is 0.260 e. The molecule has 1 amide bonds. The average molecular weight is 396 g/mol. The van der Waals surface area contributed by atoms with Gasteiger partial charge in [0.05, 0.1) is 30.6 Å². The first kappa shape index (κ1) is 19.1. The van der Waals surface area contributed by atoms with E-state index in [4.69, 9.17) is 22.1 Å². The molecule has 3 rings (SSSR count). The van der Waals surface area contributed by atoms with Crippen molar-refractivity contribution in [2.45, 2.75) is 18.5 Å². The third-order valence-electron chi connectivity index (χ3n) is 4.13. The summed E-state index contributed by atoms with van der Waals surface area (Å²) >= 11 is 6.12. The van der Waals surface area contributed by atoms with Gasteiger partial charge in [0.2, 0.25) is 5.91 Å². The van der Waals surface area contributed by atoms with Crippen molar-refractivity contribution in [2.75, 3.05) is 18.9 Å². The Bertz CT molecular complexity index is 867. The summed E-state index contributed by atoms with van der Waals surface area (Å²) in [5.41, 5.74) is 6.94. The van der Waals surface area contributed by atoms with Gasteiger partial charge in [-0.1, -0.05) is 18.2 Å². The molecule has 2 aromatic rings. The van der Waals surface area contributed by atoms with Crippen molar-refractivity contribution in [3.8, 4) is 11.4 Å². The minimum Gasteiger partial charge on any atom is -0.384 e. The second kappa shape index (κ2) is 7.93. The summed E-state index contributed by atoms with van der Waals surface area (Å²) in [5.74, 6) is -0.375. The van der Waals surface area contributed by atoms with Crippen molar-refractivity contribution in [1.82, 2.24) is 19.9 Å². The number of aromatic nitrogens is 3. The maximum atomic E-state index is 13.4. The van der Waals surface area contributed by atoms with E-state index in [9.17, 15) is 13.6 Å². The Morgan fingerprint density at radius 1 is 1.33 bits per heavy atom. The first-order chi connectivity index (χ1) is 12.9. The molecule has 0 aromatic carbocycles. The molecule has 0 radical (unpaired) electrons. The van der Waals surface area contributed by atoms with E-state index in [1.807, 2.05) is 0 Å². The zero-order valence-electron chi connectivity index (χ0n) is 14.1. The SMILES string of the molecule is C=CC(=O)N1[C@H](c2cc(Cl)nc(-c3cc(N)ncn3)c2)COC[C@H]1C(F)F. The van der Waals surface area contributed by atoms with Gasteiger partial charge in [0, 0.05) is 6.07 Å². The molecule has 0 saturated carbocycles. The van der Waals surface area contributed by atoms with E-state index >= 15 is 0 Å². The van der Waals surface area contributed by atoms with Gasteiger partial charge >= 0.3 is 0 Å². The molecule has 2 N–H and O–H groups in total. The Morgan fingerprint density at radius 2 is 2.11 bits per heavy atom. The van der Waals surface area contributed by atoms with E-state index in [0.717, 1.165) is 11.0 Å². The third-order valence-corrected chi connectivity index (χ3v) is 4.32. The predicted octanol–water partition coefficient (Wildman–Crippen LogP) is 2.49. The number of nitrogens with zero attached hydrogens (tertiary/aromatic N) is 4. The summed E-state index contributed by atoms with van der Waals surface area (Å²) in [6.07, 6.45) is -0.491. The monoisotopic (exact) mass is 395 g/mol. The predicted molar refractivity (Wildman–Crippen MR) is 95.1 cm³/mol. The molecular formula is C17H16ClF2N5O2. The maximum absolute atomic E-state index is 13.4. The highest BCUT2D eigenvalue weighted by Gasteiger charge is 2.40. The summed E-state index contributed by atoms with van der Waals surface area (Å²) in [6, 6.07) is 2.45. The lowest BCUT2D eigenvalue weighted by atomic mass is 10.0. The minimum absolute atomic E-state index is 0.0362. The second-order valence-corrected chi connectivity index (χ2v) is 6.23. The number of alkyl halides is 2. The molecular weight excluding hydrogens is 380 g/mol. The molecule has 1 saturated heterocycles. The first-order valence-electron chi connectivity index (χ1n) is 7.96. The molecule has 1 aliphatic heterocycles. The zero-order valence-corrected chi connectivity index (χ0v) is 14.8. The summed E-state index contributed by atoms with van der Waals surface area (Å²) < 4.78 is 32.2. The van der Waals surface area contributed by atoms with Gasteiger partial charge in [-0.3, -0.25) is 4.79 Å². The Kier molecular flexibility index (Phi) is 5.62. The number of ether oxygens (including phenoxy) is 1. The van der Waals surface area contributed by atoms with Crippen LogP contribution in [0, 0.1) is 0 Å². The van der Waals surface area contributed by atoms with Crippen LogP contribution in [0.25, 0.3) is 11.4 Å². The number of morpholine rings is 1. The molecule has 0 aliphatic carbocycles. The molecule has 0 spiro atoms.